The zero-order valence-corrected chi connectivity index (χ0v) is 12.6. The van der Waals surface area contributed by atoms with Crippen molar-refractivity contribution >= 4 is 0 Å². The molecule has 3 heteroatoms. The van der Waals surface area contributed by atoms with Crippen molar-refractivity contribution in [3.05, 3.63) is 29.8 Å². The molecule has 1 aromatic rings. The molecule has 0 bridgehead atoms. The summed E-state index contributed by atoms with van der Waals surface area (Å²) in [6.45, 7) is 9.09. The molecular weight excluding hydrogens is 248 g/mol. The maximum absolute atomic E-state index is 6.06. The smallest absolute Gasteiger partial charge is 0.123 e. The molecule has 1 saturated heterocycles. The van der Waals surface area contributed by atoms with Gasteiger partial charge in [-0.15, -0.1) is 0 Å². The average molecular weight is 274 g/mol. The van der Waals surface area contributed by atoms with Gasteiger partial charge in [0.1, 0.15) is 11.9 Å². The molecule has 0 aromatic heterocycles. The van der Waals surface area contributed by atoms with Crippen LogP contribution in [-0.4, -0.2) is 43.2 Å². The second kappa shape index (κ2) is 6.15. The molecule has 2 aliphatic rings. The fourth-order valence-corrected chi connectivity index (χ4v) is 3.61. The number of hydrogen-bond donors (Lipinski definition) is 1. The Bertz CT molecular complexity index is 423. The van der Waals surface area contributed by atoms with Crippen LogP contribution in [0.15, 0.2) is 24.3 Å². The van der Waals surface area contributed by atoms with Crippen molar-refractivity contribution in [2.24, 2.45) is 5.92 Å². The number of nitrogens with one attached hydrogen (secondary N) is 1. The van der Waals surface area contributed by atoms with Gasteiger partial charge < -0.3 is 10.1 Å². The molecular formula is C17H26N2O. The van der Waals surface area contributed by atoms with E-state index in [4.69, 9.17) is 4.74 Å². The number of hydrogen-bond acceptors (Lipinski definition) is 3. The van der Waals surface area contributed by atoms with Gasteiger partial charge in [0.05, 0.1) is 0 Å². The first-order chi connectivity index (χ1) is 9.76. The van der Waals surface area contributed by atoms with Crippen LogP contribution in [0.4, 0.5) is 0 Å². The standard InChI is InChI=1S/C17H26N2O/c1-3-18-16-8-9-19(11-13(16)2)12-15-10-14-6-4-5-7-17(14)20-15/h4-7,13,15-16,18H,3,8-12H2,1-2H3. The van der Waals surface area contributed by atoms with E-state index in [1.165, 1.54) is 25.1 Å². The maximum Gasteiger partial charge on any atom is 0.123 e. The molecule has 1 fully saturated rings. The second-order valence-electron chi connectivity index (χ2n) is 6.24. The summed E-state index contributed by atoms with van der Waals surface area (Å²) >= 11 is 0. The van der Waals surface area contributed by atoms with E-state index in [-0.39, 0.29) is 0 Å². The van der Waals surface area contributed by atoms with E-state index in [0.29, 0.717) is 12.1 Å². The van der Waals surface area contributed by atoms with Crippen molar-refractivity contribution in [2.45, 2.75) is 38.8 Å². The predicted octanol–water partition coefficient (Wildman–Crippen LogP) is 2.31. The van der Waals surface area contributed by atoms with Crippen LogP contribution >= 0.6 is 0 Å². The highest BCUT2D eigenvalue weighted by atomic mass is 16.5. The summed E-state index contributed by atoms with van der Waals surface area (Å²) in [6.07, 6.45) is 2.67. The first-order valence-corrected chi connectivity index (χ1v) is 7.96. The number of rotatable bonds is 4. The third kappa shape index (κ3) is 2.99. The summed E-state index contributed by atoms with van der Waals surface area (Å²) in [7, 11) is 0. The van der Waals surface area contributed by atoms with E-state index in [2.05, 4.69) is 48.3 Å². The molecule has 3 atom stereocenters. The number of para-hydroxylation sites is 1. The molecule has 110 valence electrons. The molecule has 2 heterocycles. The Hall–Kier alpha value is -1.06. The SMILES string of the molecule is CCNC1CCN(CC2Cc3ccccc3O2)CC1C. The Morgan fingerprint density at radius 2 is 2.20 bits per heavy atom. The minimum atomic E-state index is 0.343. The normalized spacial score (nSPS) is 30.0. The van der Waals surface area contributed by atoms with Crippen LogP contribution < -0.4 is 10.1 Å². The zero-order valence-electron chi connectivity index (χ0n) is 12.6. The topological polar surface area (TPSA) is 24.5 Å². The summed E-state index contributed by atoms with van der Waals surface area (Å²) in [5.41, 5.74) is 1.37. The fourth-order valence-electron chi connectivity index (χ4n) is 3.61. The van der Waals surface area contributed by atoms with Crippen molar-refractivity contribution in [1.82, 2.24) is 10.2 Å². The molecule has 0 aliphatic carbocycles. The van der Waals surface area contributed by atoms with Crippen LogP contribution in [0.25, 0.3) is 0 Å². The summed E-state index contributed by atoms with van der Waals surface area (Å²) in [4.78, 5) is 2.58. The number of nitrogens with zero attached hydrogens (tertiary/aromatic N) is 1. The number of benzene rings is 1. The predicted molar refractivity (Wildman–Crippen MR) is 82.2 cm³/mol. The highest BCUT2D eigenvalue weighted by Gasteiger charge is 2.29. The summed E-state index contributed by atoms with van der Waals surface area (Å²) < 4.78 is 6.06. The summed E-state index contributed by atoms with van der Waals surface area (Å²) in [5, 5.41) is 3.60. The lowest BCUT2D eigenvalue weighted by Gasteiger charge is -2.38. The Labute approximate surface area is 122 Å². The first-order valence-electron chi connectivity index (χ1n) is 7.96. The van der Waals surface area contributed by atoms with Crippen molar-refractivity contribution in [1.29, 1.82) is 0 Å². The van der Waals surface area contributed by atoms with Crippen molar-refractivity contribution < 1.29 is 4.74 Å². The van der Waals surface area contributed by atoms with E-state index in [9.17, 15) is 0 Å². The van der Waals surface area contributed by atoms with Gasteiger partial charge in [0, 0.05) is 25.6 Å². The van der Waals surface area contributed by atoms with Crippen LogP contribution in [0.2, 0.25) is 0 Å². The lowest BCUT2D eigenvalue weighted by Crippen LogP contribution is -2.50. The van der Waals surface area contributed by atoms with Gasteiger partial charge in [-0.25, -0.2) is 0 Å². The zero-order chi connectivity index (χ0) is 13.9. The number of fused-ring (bicyclic) bond motifs is 1. The largest absolute Gasteiger partial charge is 0.488 e. The van der Waals surface area contributed by atoms with Crippen molar-refractivity contribution in [3.63, 3.8) is 0 Å². The molecule has 20 heavy (non-hydrogen) atoms. The van der Waals surface area contributed by atoms with Gasteiger partial charge >= 0.3 is 0 Å². The van der Waals surface area contributed by atoms with Gasteiger partial charge in [-0.2, -0.15) is 0 Å². The molecule has 1 aromatic carbocycles. The van der Waals surface area contributed by atoms with Crippen molar-refractivity contribution in [2.75, 3.05) is 26.2 Å². The van der Waals surface area contributed by atoms with Crippen LogP contribution in [0.1, 0.15) is 25.8 Å². The summed E-state index contributed by atoms with van der Waals surface area (Å²) in [5.74, 6) is 1.82. The average Bonchev–Trinajstić information content (AvgIpc) is 2.84. The molecule has 0 saturated carbocycles. The van der Waals surface area contributed by atoms with E-state index in [1.807, 2.05) is 0 Å². The molecule has 3 nitrogen and oxygen atoms in total. The minimum Gasteiger partial charge on any atom is -0.488 e. The van der Waals surface area contributed by atoms with Gasteiger partial charge in [-0.05, 0) is 37.1 Å². The highest BCUT2D eigenvalue weighted by Crippen LogP contribution is 2.29. The summed E-state index contributed by atoms with van der Waals surface area (Å²) in [6, 6.07) is 9.14. The molecule has 0 spiro atoms. The monoisotopic (exact) mass is 274 g/mol. The van der Waals surface area contributed by atoms with Gasteiger partial charge in [0.15, 0.2) is 0 Å². The minimum absolute atomic E-state index is 0.343. The molecule has 0 radical (unpaired) electrons. The molecule has 1 N–H and O–H groups in total. The second-order valence-corrected chi connectivity index (χ2v) is 6.24. The van der Waals surface area contributed by atoms with Gasteiger partial charge in [0.25, 0.3) is 0 Å². The number of piperidine rings is 1. The first kappa shape index (κ1) is 13.9. The number of ether oxygens (including phenoxy) is 1. The lowest BCUT2D eigenvalue weighted by molar-refractivity contribution is 0.0981. The molecule has 2 aliphatic heterocycles. The Morgan fingerprint density at radius 1 is 1.35 bits per heavy atom. The van der Waals surface area contributed by atoms with E-state index >= 15 is 0 Å². The van der Waals surface area contributed by atoms with E-state index < -0.39 is 0 Å². The van der Waals surface area contributed by atoms with Crippen molar-refractivity contribution in [3.8, 4) is 5.75 Å². The number of likely N-dealkylation sites (tertiary alicyclic amines) is 1. The van der Waals surface area contributed by atoms with Gasteiger partial charge in [-0.1, -0.05) is 32.0 Å². The maximum atomic E-state index is 6.06. The molecule has 0 amide bonds. The molecule has 3 rings (SSSR count). The van der Waals surface area contributed by atoms with Crippen LogP contribution in [-0.2, 0) is 6.42 Å². The van der Waals surface area contributed by atoms with Gasteiger partial charge in [0.2, 0.25) is 0 Å². The van der Waals surface area contributed by atoms with Crippen LogP contribution in [0, 0.1) is 5.92 Å². The Balaban J connectivity index is 1.51. The quantitative estimate of drug-likeness (QED) is 0.912. The third-order valence-electron chi connectivity index (χ3n) is 4.63. The highest BCUT2D eigenvalue weighted by molar-refractivity contribution is 5.37. The lowest BCUT2D eigenvalue weighted by atomic mass is 9.93. The third-order valence-corrected chi connectivity index (χ3v) is 4.63. The van der Waals surface area contributed by atoms with Gasteiger partial charge in [-0.3, -0.25) is 4.90 Å². The molecule has 3 unspecified atom stereocenters. The van der Waals surface area contributed by atoms with E-state index in [1.54, 1.807) is 0 Å². The van der Waals surface area contributed by atoms with Crippen LogP contribution in [0.3, 0.4) is 0 Å². The Morgan fingerprint density at radius 3 is 2.95 bits per heavy atom. The van der Waals surface area contributed by atoms with Crippen LogP contribution in [0.5, 0.6) is 5.75 Å². The van der Waals surface area contributed by atoms with E-state index in [0.717, 1.165) is 31.2 Å². The fraction of sp³-hybridized carbons (Fsp3) is 0.647. The Kier molecular flexibility index (Phi) is 4.27.